The SMILES string of the molecule is CCOc1cc(/C=C2N=C(/C=C/c3ccccc3)OC/2=O)ccc1OC(=O)c1cc(OC)c(OC)c(OC)c1. The molecule has 0 spiro atoms. The van der Waals surface area contributed by atoms with Crippen LogP contribution in [0, 0.1) is 0 Å². The number of rotatable bonds is 10. The molecule has 0 unspecified atom stereocenters. The summed E-state index contributed by atoms with van der Waals surface area (Å²) in [5.41, 5.74) is 1.88. The minimum atomic E-state index is -0.653. The lowest BCUT2D eigenvalue weighted by Crippen LogP contribution is -2.11. The summed E-state index contributed by atoms with van der Waals surface area (Å²) in [6.45, 7) is 2.13. The van der Waals surface area contributed by atoms with E-state index < -0.39 is 11.9 Å². The quantitative estimate of drug-likeness (QED) is 0.197. The van der Waals surface area contributed by atoms with Crippen LogP contribution in [0.2, 0.25) is 0 Å². The molecule has 1 heterocycles. The molecule has 9 heteroatoms. The lowest BCUT2D eigenvalue weighted by molar-refractivity contribution is -0.129. The molecule has 0 amide bonds. The highest BCUT2D eigenvalue weighted by Crippen LogP contribution is 2.39. The van der Waals surface area contributed by atoms with Gasteiger partial charge in [0.05, 0.1) is 33.5 Å². The van der Waals surface area contributed by atoms with E-state index in [0.29, 0.717) is 35.2 Å². The standard InChI is InChI=1S/C30H27NO8/c1-5-37-24-16-20(15-22-30(33)39-27(31-22)14-12-19-9-7-6-8-10-19)11-13-23(24)38-29(32)21-17-25(34-2)28(36-4)26(18-21)35-3/h6-18H,5H2,1-4H3/b14-12+,22-15+. The van der Waals surface area contributed by atoms with E-state index in [1.165, 1.54) is 33.5 Å². The number of carbonyl (C=O) groups is 2. The van der Waals surface area contributed by atoms with Crippen molar-refractivity contribution in [3.8, 4) is 28.7 Å². The second-order valence-electron chi connectivity index (χ2n) is 8.06. The van der Waals surface area contributed by atoms with Crippen LogP contribution in [-0.4, -0.2) is 45.8 Å². The van der Waals surface area contributed by atoms with E-state index in [-0.39, 0.29) is 22.9 Å². The van der Waals surface area contributed by atoms with Gasteiger partial charge in [0, 0.05) is 6.08 Å². The molecule has 4 rings (SSSR count). The highest BCUT2D eigenvalue weighted by atomic mass is 16.6. The van der Waals surface area contributed by atoms with Crippen LogP contribution in [0.25, 0.3) is 12.2 Å². The second-order valence-corrected chi connectivity index (χ2v) is 8.06. The van der Waals surface area contributed by atoms with Crippen molar-refractivity contribution in [1.29, 1.82) is 0 Å². The topological polar surface area (TPSA) is 102 Å². The predicted molar refractivity (Wildman–Crippen MR) is 146 cm³/mol. The van der Waals surface area contributed by atoms with Gasteiger partial charge in [-0.3, -0.25) is 0 Å². The summed E-state index contributed by atoms with van der Waals surface area (Å²) in [5.74, 6) is 0.468. The van der Waals surface area contributed by atoms with Crippen LogP contribution >= 0.6 is 0 Å². The van der Waals surface area contributed by atoms with Crippen molar-refractivity contribution < 1.29 is 38.0 Å². The number of carbonyl (C=O) groups excluding carboxylic acids is 2. The fraction of sp³-hybridized carbons (Fsp3) is 0.167. The first-order valence-corrected chi connectivity index (χ1v) is 12.0. The number of benzene rings is 3. The van der Waals surface area contributed by atoms with E-state index in [9.17, 15) is 9.59 Å². The smallest absolute Gasteiger partial charge is 0.363 e. The molecule has 0 radical (unpaired) electrons. The van der Waals surface area contributed by atoms with Gasteiger partial charge in [-0.05, 0) is 54.5 Å². The first kappa shape index (κ1) is 27.0. The molecule has 0 aromatic heterocycles. The van der Waals surface area contributed by atoms with E-state index in [2.05, 4.69) is 4.99 Å². The molecule has 3 aromatic carbocycles. The zero-order valence-corrected chi connectivity index (χ0v) is 21.9. The van der Waals surface area contributed by atoms with E-state index in [4.69, 9.17) is 28.4 Å². The molecule has 0 saturated carbocycles. The van der Waals surface area contributed by atoms with Crippen molar-refractivity contribution >= 4 is 30.0 Å². The van der Waals surface area contributed by atoms with Crippen LogP contribution in [0.1, 0.15) is 28.4 Å². The van der Waals surface area contributed by atoms with E-state index >= 15 is 0 Å². The summed E-state index contributed by atoms with van der Waals surface area (Å²) in [5, 5.41) is 0. The molecular formula is C30H27NO8. The summed E-state index contributed by atoms with van der Waals surface area (Å²) >= 11 is 0. The normalized spacial score (nSPS) is 13.7. The highest BCUT2D eigenvalue weighted by molar-refractivity contribution is 6.11. The number of ether oxygens (including phenoxy) is 6. The van der Waals surface area contributed by atoms with Crippen molar-refractivity contribution in [3.63, 3.8) is 0 Å². The number of hydrogen-bond donors (Lipinski definition) is 0. The van der Waals surface area contributed by atoms with Crippen LogP contribution in [0.5, 0.6) is 28.7 Å². The summed E-state index contributed by atoms with van der Waals surface area (Å²) in [4.78, 5) is 29.6. The first-order chi connectivity index (χ1) is 18.9. The van der Waals surface area contributed by atoms with Crippen molar-refractivity contribution in [2.75, 3.05) is 27.9 Å². The highest BCUT2D eigenvalue weighted by Gasteiger charge is 2.22. The van der Waals surface area contributed by atoms with Crippen molar-refractivity contribution in [1.82, 2.24) is 0 Å². The maximum Gasteiger partial charge on any atom is 0.363 e. The molecule has 200 valence electrons. The van der Waals surface area contributed by atoms with E-state index in [0.717, 1.165) is 5.56 Å². The molecule has 3 aromatic rings. The minimum Gasteiger partial charge on any atom is -0.493 e. The molecule has 0 aliphatic carbocycles. The Balaban J connectivity index is 1.56. The van der Waals surface area contributed by atoms with Crippen molar-refractivity contribution in [2.45, 2.75) is 6.92 Å². The molecule has 0 fully saturated rings. The third-order valence-electron chi connectivity index (χ3n) is 5.53. The van der Waals surface area contributed by atoms with Gasteiger partial charge in [0.15, 0.2) is 28.7 Å². The average Bonchev–Trinajstić information content (AvgIpc) is 3.31. The Hall–Kier alpha value is -5.05. The lowest BCUT2D eigenvalue weighted by atomic mass is 10.1. The molecule has 0 bridgehead atoms. The summed E-state index contributed by atoms with van der Waals surface area (Å²) in [6.07, 6.45) is 5.00. The Morgan fingerprint density at radius 2 is 1.56 bits per heavy atom. The Labute approximate surface area is 225 Å². The fourth-order valence-electron chi connectivity index (χ4n) is 3.71. The van der Waals surface area contributed by atoms with Crippen LogP contribution in [0.3, 0.4) is 0 Å². The molecule has 9 nitrogen and oxygen atoms in total. The summed E-state index contributed by atoms with van der Waals surface area (Å²) in [6, 6.07) is 17.5. The van der Waals surface area contributed by atoms with Crippen LogP contribution < -0.4 is 23.7 Å². The van der Waals surface area contributed by atoms with Crippen molar-refractivity contribution in [3.05, 3.63) is 89.1 Å². The molecule has 1 aliphatic rings. The van der Waals surface area contributed by atoms with Gasteiger partial charge in [0.25, 0.3) is 0 Å². The number of hydrogen-bond acceptors (Lipinski definition) is 9. The van der Waals surface area contributed by atoms with Crippen LogP contribution in [-0.2, 0) is 9.53 Å². The molecular weight excluding hydrogens is 502 g/mol. The average molecular weight is 530 g/mol. The first-order valence-electron chi connectivity index (χ1n) is 12.0. The molecule has 39 heavy (non-hydrogen) atoms. The Morgan fingerprint density at radius 1 is 0.846 bits per heavy atom. The number of cyclic esters (lactones) is 1. The predicted octanol–water partition coefficient (Wildman–Crippen LogP) is 5.34. The molecule has 0 saturated heterocycles. The van der Waals surface area contributed by atoms with Crippen molar-refractivity contribution in [2.24, 2.45) is 4.99 Å². The molecule has 0 N–H and O–H groups in total. The van der Waals surface area contributed by atoms with Gasteiger partial charge >= 0.3 is 11.9 Å². The zero-order valence-electron chi connectivity index (χ0n) is 21.9. The number of esters is 2. The van der Waals surface area contributed by atoms with Crippen LogP contribution in [0.15, 0.2) is 77.4 Å². The second kappa shape index (κ2) is 12.5. The third kappa shape index (κ3) is 6.45. The zero-order chi connectivity index (χ0) is 27.8. The van der Waals surface area contributed by atoms with Gasteiger partial charge in [-0.15, -0.1) is 0 Å². The lowest BCUT2D eigenvalue weighted by Gasteiger charge is -2.15. The van der Waals surface area contributed by atoms with Gasteiger partial charge in [0.2, 0.25) is 11.6 Å². The van der Waals surface area contributed by atoms with Gasteiger partial charge in [0.1, 0.15) is 0 Å². The molecule has 0 atom stereocenters. The molecule has 1 aliphatic heterocycles. The van der Waals surface area contributed by atoms with Crippen LogP contribution in [0.4, 0.5) is 0 Å². The number of methoxy groups -OCH3 is 3. The number of nitrogens with zero attached hydrogens (tertiary/aromatic N) is 1. The van der Waals surface area contributed by atoms with Gasteiger partial charge in [-0.25, -0.2) is 14.6 Å². The van der Waals surface area contributed by atoms with Gasteiger partial charge < -0.3 is 28.4 Å². The van der Waals surface area contributed by atoms with E-state index in [1.54, 1.807) is 43.4 Å². The fourth-order valence-corrected chi connectivity index (χ4v) is 3.71. The largest absolute Gasteiger partial charge is 0.493 e. The Bertz CT molecular complexity index is 1430. The Morgan fingerprint density at radius 3 is 2.21 bits per heavy atom. The van der Waals surface area contributed by atoms with Gasteiger partial charge in [-0.1, -0.05) is 36.4 Å². The van der Waals surface area contributed by atoms with Gasteiger partial charge in [-0.2, -0.15) is 0 Å². The minimum absolute atomic E-state index is 0.132. The summed E-state index contributed by atoms with van der Waals surface area (Å²) in [7, 11) is 4.39. The maximum absolute atomic E-state index is 13.0. The number of aliphatic imine (C=N–C) groups is 1. The Kier molecular flexibility index (Phi) is 8.63. The monoisotopic (exact) mass is 529 g/mol. The third-order valence-corrected chi connectivity index (χ3v) is 5.53. The van der Waals surface area contributed by atoms with E-state index in [1.807, 2.05) is 30.3 Å². The summed E-state index contributed by atoms with van der Waals surface area (Å²) < 4.78 is 32.5. The maximum atomic E-state index is 13.0.